The van der Waals surface area contributed by atoms with Crippen molar-refractivity contribution < 1.29 is 14.3 Å². The second kappa shape index (κ2) is 10.0. The third-order valence-electron chi connectivity index (χ3n) is 4.08. The first-order valence-electron chi connectivity index (χ1n) is 9.22. The summed E-state index contributed by atoms with van der Waals surface area (Å²) in [6.45, 7) is 14.3. The number of nitrogens with zero attached hydrogens (tertiary/aromatic N) is 1. The van der Waals surface area contributed by atoms with Gasteiger partial charge in [-0.3, -0.25) is 4.79 Å². The fourth-order valence-corrected chi connectivity index (χ4v) is 2.54. The molecule has 0 fully saturated rings. The van der Waals surface area contributed by atoms with Gasteiger partial charge in [-0.15, -0.1) is 0 Å². The third kappa shape index (κ3) is 6.94. The predicted octanol–water partition coefficient (Wildman–Crippen LogP) is 2.84. The number of amides is 3. The highest BCUT2D eigenvalue weighted by Crippen LogP contribution is 2.32. The molecule has 6 nitrogen and oxygen atoms in total. The lowest BCUT2D eigenvalue weighted by Gasteiger charge is -2.23. The predicted molar refractivity (Wildman–Crippen MR) is 105 cm³/mol. The van der Waals surface area contributed by atoms with Crippen molar-refractivity contribution >= 4 is 11.9 Å². The molecular formula is C20H33N3O3. The Morgan fingerprint density at radius 1 is 1.08 bits per heavy atom. The largest absolute Gasteiger partial charge is 0.483 e. The number of aryl methyl sites for hydroxylation is 1. The quantitative estimate of drug-likeness (QED) is 0.698. The van der Waals surface area contributed by atoms with Gasteiger partial charge < -0.3 is 20.3 Å². The van der Waals surface area contributed by atoms with Crippen LogP contribution in [0.1, 0.15) is 45.7 Å². The fraction of sp³-hybridized carbons (Fsp3) is 0.600. The maximum atomic E-state index is 12.0. The number of ether oxygens (including phenoxy) is 1. The minimum absolute atomic E-state index is 0.0455. The van der Waals surface area contributed by atoms with Crippen molar-refractivity contribution in [1.29, 1.82) is 0 Å². The Hall–Kier alpha value is -2.24. The highest BCUT2D eigenvalue weighted by atomic mass is 16.5. The molecule has 0 radical (unpaired) electrons. The van der Waals surface area contributed by atoms with Gasteiger partial charge in [0.05, 0.1) is 0 Å². The van der Waals surface area contributed by atoms with Crippen molar-refractivity contribution in [2.75, 3.05) is 32.8 Å². The fourth-order valence-electron chi connectivity index (χ4n) is 2.54. The SMILES string of the molecule is CCN(CC)C(=O)NCCNC(=O)COc1ccc(C)cc1C(C)(C)C. The molecule has 0 aliphatic carbocycles. The van der Waals surface area contributed by atoms with E-state index in [1.807, 2.05) is 32.9 Å². The molecule has 2 N–H and O–H groups in total. The lowest BCUT2D eigenvalue weighted by molar-refractivity contribution is -0.123. The smallest absolute Gasteiger partial charge is 0.317 e. The van der Waals surface area contributed by atoms with Crippen molar-refractivity contribution in [3.05, 3.63) is 29.3 Å². The molecular weight excluding hydrogens is 330 g/mol. The van der Waals surface area contributed by atoms with E-state index in [9.17, 15) is 9.59 Å². The molecule has 0 aliphatic rings. The first-order valence-corrected chi connectivity index (χ1v) is 9.22. The molecule has 1 aromatic carbocycles. The average Bonchev–Trinajstić information content (AvgIpc) is 2.58. The highest BCUT2D eigenvalue weighted by molar-refractivity contribution is 5.78. The molecule has 0 heterocycles. The molecule has 0 aliphatic heterocycles. The zero-order valence-electron chi connectivity index (χ0n) is 16.9. The van der Waals surface area contributed by atoms with E-state index in [0.717, 1.165) is 16.9 Å². The molecule has 3 amide bonds. The van der Waals surface area contributed by atoms with Crippen LogP contribution in [0, 0.1) is 6.92 Å². The molecule has 1 aromatic rings. The van der Waals surface area contributed by atoms with E-state index >= 15 is 0 Å². The monoisotopic (exact) mass is 363 g/mol. The number of hydrogen-bond acceptors (Lipinski definition) is 3. The van der Waals surface area contributed by atoms with Gasteiger partial charge in [0.15, 0.2) is 6.61 Å². The van der Waals surface area contributed by atoms with Crippen LogP contribution < -0.4 is 15.4 Å². The summed E-state index contributed by atoms with van der Waals surface area (Å²) in [5.41, 5.74) is 2.18. The standard InChI is InChI=1S/C20H33N3O3/c1-7-23(8-2)19(25)22-12-11-21-18(24)14-26-17-10-9-15(3)13-16(17)20(4,5)6/h9-10,13H,7-8,11-12,14H2,1-6H3,(H,21,24)(H,22,25). The zero-order chi connectivity index (χ0) is 19.7. The molecule has 0 aromatic heterocycles. The maximum absolute atomic E-state index is 12.0. The van der Waals surface area contributed by atoms with E-state index < -0.39 is 0 Å². The van der Waals surface area contributed by atoms with Gasteiger partial charge in [0.25, 0.3) is 5.91 Å². The Labute approximate surface area is 157 Å². The van der Waals surface area contributed by atoms with E-state index in [1.165, 1.54) is 0 Å². The van der Waals surface area contributed by atoms with Crippen molar-refractivity contribution in [3.8, 4) is 5.75 Å². The van der Waals surface area contributed by atoms with Crippen LogP contribution >= 0.6 is 0 Å². The Kier molecular flexibility index (Phi) is 8.42. The maximum Gasteiger partial charge on any atom is 0.317 e. The summed E-state index contributed by atoms with van der Waals surface area (Å²) in [5, 5.41) is 5.54. The number of hydrogen-bond donors (Lipinski definition) is 2. The number of benzene rings is 1. The number of urea groups is 1. The molecule has 6 heteroatoms. The van der Waals surface area contributed by atoms with E-state index in [2.05, 4.69) is 37.5 Å². The van der Waals surface area contributed by atoms with Gasteiger partial charge >= 0.3 is 6.03 Å². The third-order valence-corrected chi connectivity index (χ3v) is 4.08. The summed E-state index contributed by atoms with van der Waals surface area (Å²) >= 11 is 0. The molecule has 26 heavy (non-hydrogen) atoms. The molecule has 0 saturated heterocycles. The normalized spacial score (nSPS) is 11.0. The summed E-state index contributed by atoms with van der Waals surface area (Å²) in [5.74, 6) is 0.524. The Balaban J connectivity index is 2.43. The van der Waals surface area contributed by atoms with Gasteiger partial charge in [-0.05, 0) is 37.8 Å². The summed E-state index contributed by atoms with van der Waals surface area (Å²) in [6.07, 6.45) is 0. The van der Waals surface area contributed by atoms with Crippen molar-refractivity contribution in [1.82, 2.24) is 15.5 Å². The van der Waals surface area contributed by atoms with Crippen molar-refractivity contribution in [3.63, 3.8) is 0 Å². The van der Waals surface area contributed by atoms with Crippen LogP contribution in [0.2, 0.25) is 0 Å². The highest BCUT2D eigenvalue weighted by Gasteiger charge is 2.19. The van der Waals surface area contributed by atoms with Gasteiger partial charge in [-0.1, -0.05) is 38.5 Å². The second-order valence-electron chi connectivity index (χ2n) is 7.29. The van der Waals surface area contributed by atoms with E-state index in [-0.39, 0.29) is 24.0 Å². The van der Waals surface area contributed by atoms with Gasteiger partial charge in [0, 0.05) is 26.2 Å². The van der Waals surface area contributed by atoms with Gasteiger partial charge in [-0.2, -0.15) is 0 Å². The molecule has 0 saturated carbocycles. The molecule has 146 valence electrons. The van der Waals surface area contributed by atoms with E-state index in [4.69, 9.17) is 4.74 Å². The number of carbonyl (C=O) groups is 2. The number of nitrogens with one attached hydrogen (secondary N) is 2. The number of carbonyl (C=O) groups excluding carboxylic acids is 2. The summed E-state index contributed by atoms with van der Waals surface area (Å²) in [7, 11) is 0. The van der Waals surface area contributed by atoms with E-state index in [0.29, 0.717) is 26.2 Å². The van der Waals surface area contributed by atoms with Gasteiger partial charge in [0.2, 0.25) is 0 Å². The molecule has 0 spiro atoms. The Morgan fingerprint density at radius 3 is 2.27 bits per heavy atom. The molecule has 0 atom stereocenters. The lowest BCUT2D eigenvalue weighted by Crippen LogP contribution is -2.43. The van der Waals surface area contributed by atoms with Crippen LogP contribution in [0.4, 0.5) is 4.79 Å². The second-order valence-corrected chi connectivity index (χ2v) is 7.29. The van der Waals surface area contributed by atoms with Crippen molar-refractivity contribution in [2.24, 2.45) is 0 Å². The molecule has 0 unspecified atom stereocenters. The molecule has 1 rings (SSSR count). The first kappa shape index (κ1) is 21.8. The first-order chi connectivity index (χ1) is 12.2. The number of rotatable bonds is 8. The topological polar surface area (TPSA) is 70.7 Å². The van der Waals surface area contributed by atoms with Crippen LogP contribution in [0.25, 0.3) is 0 Å². The molecule has 0 bridgehead atoms. The van der Waals surface area contributed by atoms with Gasteiger partial charge in [-0.25, -0.2) is 4.79 Å². The minimum Gasteiger partial charge on any atom is -0.483 e. The zero-order valence-corrected chi connectivity index (χ0v) is 16.9. The lowest BCUT2D eigenvalue weighted by atomic mass is 9.85. The summed E-state index contributed by atoms with van der Waals surface area (Å²) < 4.78 is 5.72. The van der Waals surface area contributed by atoms with Crippen LogP contribution in [-0.2, 0) is 10.2 Å². The van der Waals surface area contributed by atoms with Crippen molar-refractivity contribution in [2.45, 2.75) is 47.0 Å². The van der Waals surface area contributed by atoms with Crippen LogP contribution in [0.3, 0.4) is 0 Å². The van der Waals surface area contributed by atoms with Crippen LogP contribution in [0.5, 0.6) is 5.75 Å². The Morgan fingerprint density at radius 2 is 1.69 bits per heavy atom. The summed E-state index contributed by atoms with van der Waals surface area (Å²) in [6, 6.07) is 5.87. The Bertz CT molecular complexity index is 605. The van der Waals surface area contributed by atoms with Crippen LogP contribution in [0.15, 0.2) is 18.2 Å². The minimum atomic E-state index is -0.206. The van der Waals surface area contributed by atoms with Gasteiger partial charge in [0.1, 0.15) is 5.75 Å². The van der Waals surface area contributed by atoms with Crippen LogP contribution in [-0.4, -0.2) is 49.6 Å². The average molecular weight is 364 g/mol. The summed E-state index contributed by atoms with van der Waals surface area (Å²) in [4.78, 5) is 25.5. The van der Waals surface area contributed by atoms with E-state index in [1.54, 1.807) is 4.90 Å².